The van der Waals surface area contributed by atoms with Crippen molar-refractivity contribution < 1.29 is 4.92 Å². The van der Waals surface area contributed by atoms with Crippen molar-refractivity contribution in [3.63, 3.8) is 0 Å². The van der Waals surface area contributed by atoms with Gasteiger partial charge < -0.3 is 10.6 Å². The Labute approximate surface area is 104 Å². The Balaban J connectivity index is 1.86. The largest absolute Gasteiger partial charge is 0.359 e. The molecule has 94 valence electrons. The molecule has 0 aliphatic heterocycles. The van der Waals surface area contributed by atoms with Crippen molar-refractivity contribution in [3.8, 4) is 0 Å². The molecule has 0 spiro atoms. The fourth-order valence-electron chi connectivity index (χ4n) is 2.12. The van der Waals surface area contributed by atoms with Crippen LogP contribution in [0.25, 0.3) is 0 Å². The fourth-order valence-corrected chi connectivity index (χ4v) is 2.83. The van der Waals surface area contributed by atoms with Crippen LogP contribution in [0.3, 0.4) is 0 Å². The van der Waals surface area contributed by atoms with E-state index in [2.05, 4.69) is 15.6 Å². The van der Waals surface area contributed by atoms with Gasteiger partial charge in [0.2, 0.25) is 0 Å². The predicted molar refractivity (Wildman–Crippen MR) is 67.5 cm³/mol. The van der Waals surface area contributed by atoms with Crippen molar-refractivity contribution >= 4 is 21.5 Å². The number of hydrogen-bond donors (Lipinski definition) is 2. The highest BCUT2D eigenvalue weighted by molar-refractivity contribution is 7.18. The molecule has 1 aliphatic carbocycles. The molecule has 2 rings (SSSR count). The first-order chi connectivity index (χ1) is 8.19. The molecule has 1 aromatic heterocycles. The Morgan fingerprint density at radius 1 is 1.41 bits per heavy atom. The van der Waals surface area contributed by atoms with E-state index in [0.29, 0.717) is 17.2 Å². The van der Waals surface area contributed by atoms with Crippen molar-refractivity contribution in [2.45, 2.75) is 37.8 Å². The number of nitro groups is 1. The number of rotatable bonds is 4. The van der Waals surface area contributed by atoms with E-state index in [0.717, 1.165) is 37.0 Å². The zero-order valence-corrected chi connectivity index (χ0v) is 10.5. The van der Waals surface area contributed by atoms with Crippen LogP contribution in [-0.2, 0) is 0 Å². The number of hydrogen-bond acceptors (Lipinski definition) is 6. The van der Waals surface area contributed by atoms with Gasteiger partial charge in [-0.1, -0.05) is 0 Å². The minimum absolute atomic E-state index is 0.0939. The number of aromatic nitrogens is 1. The van der Waals surface area contributed by atoms with Crippen LogP contribution in [-0.4, -0.2) is 29.0 Å². The van der Waals surface area contributed by atoms with E-state index in [4.69, 9.17) is 0 Å². The molecule has 17 heavy (non-hydrogen) atoms. The first-order valence-electron chi connectivity index (χ1n) is 5.73. The predicted octanol–water partition coefficient (Wildman–Crippen LogP) is 1.99. The van der Waals surface area contributed by atoms with E-state index in [1.54, 1.807) is 0 Å². The van der Waals surface area contributed by atoms with Crippen LogP contribution in [0.5, 0.6) is 0 Å². The van der Waals surface area contributed by atoms with E-state index < -0.39 is 4.92 Å². The molecule has 0 saturated heterocycles. The van der Waals surface area contributed by atoms with E-state index in [-0.39, 0.29) is 5.00 Å². The van der Waals surface area contributed by atoms with Crippen molar-refractivity contribution in [1.29, 1.82) is 0 Å². The minimum atomic E-state index is -0.402. The molecule has 2 N–H and O–H groups in total. The maximum atomic E-state index is 10.5. The number of anilines is 1. The normalized spacial score (nSPS) is 24.5. The second-order valence-corrected chi connectivity index (χ2v) is 5.25. The summed E-state index contributed by atoms with van der Waals surface area (Å²) in [6.07, 6.45) is 5.76. The summed E-state index contributed by atoms with van der Waals surface area (Å²) < 4.78 is 0. The van der Waals surface area contributed by atoms with Crippen molar-refractivity contribution in [2.75, 3.05) is 12.4 Å². The van der Waals surface area contributed by atoms with Gasteiger partial charge in [-0.15, -0.1) is 0 Å². The van der Waals surface area contributed by atoms with Crippen LogP contribution in [0.15, 0.2) is 6.20 Å². The van der Waals surface area contributed by atoms with Gasteiger partial charge in [0.25, 0.3) is 0 Å². The maximum Gasteiger partial charge on any atom is 0.345 e. The van der Waals surface area contributed by atoms with Crippen LogP contribution in [0.2, 0.25) is 0 Å². The van der Waals surface area contributed by atoms with Crippen LogP contribution >= 0.6 is 11.3 Å². The van der Waals surface area contributed by atoms with Gasteiger partial charge in [-0.2, -0.15) is 0 Å². The third kappa shape index (κ3) is 3.13. The van der Waals surface area contributed by atoms with Crippen molar-refractivity contribution in [3.05, 3.63) is 16.3 Å². The molecule has 7 heteroatoms. The Morgan fingerprint density at radius 2 is 2.06 bits per heavy atom. The third-order valence-electron chi connectivity index (χ3n) is 3.14. The monoisotopic (exact) mass is 256 g/mol. The van der Waals surface area contributed by atoms with Gasteiger partial charge in [-0.25, -0.2) is 4.98 Å². The second kappa shape index (κ2) is 5.42. The lowest BCUT2D eigenvalue weighted by atomic mass is 9.91. The lowest BCUT2D eigenvalue weighted by Crippen LogP contribution is -2.34. The van der Waals surface area contributed by atoms with Gasteiger partial charge in [0.15, 0.2) is 5.13 Å². The maximum absolute atomic E-state index is 10.5. The molecule has 1 aliphatic rings. The van der Waals surface area contributed by atoms with Crippen LogP contribution in [0, 0.1) is 10.1 Å². The summed E-state index contributed by atoms with van der Waals surface area (Å²) in [4.78, 5) is 14.1. The molecule has 0 bridgehead atoms. The summed E-state index contributed by atoms with van der Waals surface area (Å²) in [5.74, 6) is 0. The van der Waals surface area contributed by atoms with Crippen LogP contribution in [0.1, 0.15) is 25.7 Å². The highest BCUT2D eigenvalue weighted by Gasteiger charge is 2.21. The third-order valence-corrected chi connectivity index (χ3v) is 4.02. The molecule has 0 amide bonds. The average molecular weight is 256 g/mol. The number of thiazole rings is 1. The zero-order chi connectivity index (χ0) is 12.3. The van der Waals surface area contributed by atoms with Crippen molar-refractivity contribution in [2.24, 2.45) is 0 Å². The zero-order valence-electron chi connectivity index (χ0n) is 9.68. The minimum Gasteiger partial charge on any atom is -0.359 e. The van der Waals surface area contributed by atoms with Crippen molar-refractivity contribution in [1.82, 2.24) is 10.3 Å². The molecule has 0 radical (unpaired) electrons. The Morgan fingerprint density at radius 3 is 2.59 bits per heavy atom. The fraction of sp³-hybridized carbons (Fsp3) is 0.700. The standard InChI is InChI=1S/C10H16N4O2S/c1-11-7-2-4-8(5-3-7)13-10-12-6-9(17-10)14(15)16/h6-8,11H,2-5H2,1H3,(H,12,13). The summed E-state index contributed by atoms with van der Waals surface area (Å²) in [5, 5.41) is 17.8. The Kier molecular flexibility index (Phi) is 3.90. The molecule has 0 atom stereocenters. The smallest absolute Gasteiger partial charge is 0.345 e. The lowest BCUT2D eigenvalue weighted by Gasteiger charge is -2.28. The molecule has 6 nitrogen and oxygen atoms in total. The lowest BCUT2D eigenvalue weighted by molar-refractivity contribution is -0.380. The first kappa shape index (κ1) is 12.3. The highest BCUT2D eigenvalue weighted by atomic mass is 32.1. The highest BCUT2D eigenvalue weighted by Crippen LogP contribution is 2.28. The summed E-state index contributed by atoms with van der Waals surface area (Å²) >= 11 is 1.10. The van der Waals surface area contributed by atoms with Gasteiger partial charge in [-0.3, -0.25) is 10.1 Å². The molecule has 1 fully saturated rings. The first-order valence-corrected chi connectivity index (χ1v) is 6.54. The summed E-state index contributed by atoms with van der Waals surface area (Å²) in [6, 6.07) is 1.00. The molecule has 1 aromatic rings. The van der Waals surface area contributed by atoms with Gasteiger partial charge in [0, 0.05) is 12.1 Å². The SMILES string of the molecule is CNC1CCC(Nc2ncc([N+](=O)[O-])s2)CC1. The molecule has 1 saturated carbocycles. The van der Waals surface area contributed by atoms with E-state index in [9.17, 15) is 10.1 Å². The summed E-state index contributed by atoms with van der Waals surface area (Å²) in [7, 11) is 1.99. The van der Waals surface area contributed by atoms with E-state index >= 15 is 0 Å². The quantitative estimate of drug-likeness (QED) is 0.636. The van der Waals surface area contributed by atoms with Gasteiger partial charge in [0.05, 0.1) is 4.92 Å². The van der Waals surface area contributed by atoms with E-state index in [1.165, 1.54) is 6.20 Å². The summed E-state index contributed by atoms with van der Waals surface area (Å²) in [5.41, 5.74) is 0. The van der Waals surface area contributed by atoms with Crippen LogP contribution < -0.4 is 10.6 Å². The molecule has 0 unspecified atom stereocenters. The molecule has 0 aromatic carbocycles. The molecular formula is C10H16N4O2S. The van der Waals surface area contributed by atoms with Crippen LogP contribution in [0.4, 0.5) is 10.1 Å². The Bertz CT molecular complexity index is 387. The van der Waals surface area contributed by atoms with Gasteiger partial charge in [0.1, 0.15) is 6.20 Å². The van der Waals surface area contributed by atoms with Gasteiger partial charge in [-0.05, 0) is 44.1 Å². The molecule has 1 heterocycles. The van der Waals surface area contributed by atoms with E-state index in [1.807, 2.05) is 7.05 Å². The Hall–Kier alpha value is -1.21. The number of nitrogens with one attached hydrogen (secondary N) is 2. The topological polar surface area (TPSA) is 80.1 Å². The summed E-state index contributed by atoms with van der Waals surface area (Å²) in [6.45, 7) is 0. The van der Waals surface area contributed by atoms with Gasteiger partial charge >= 0.3 is 5.00 Å². The average Bonchev–Trinajstić information content (AvgIpc) is 2.79. The molecular weight excluding hydrogens is 240 g/mol. The number of nitrogens with zero attached hydrogens (tertiary/aromatic N) is 2. The second-order valence-electron chi connectivity index (χ2n) is 4.24.